The molecule has 2 heterocycles. The molecule has 1 fully saturated rings. The van der Waals surface area contributed by atoms with Crippen LogP contribution in [0, 0.1) is 12.3 Å². The van der Waals surface area contributed by atoms with Crippen LogP contribution in [-0.4, -0.2) is 27.8 Å². The van der Waals surface area contributed by atoms with Gasteiger partial charge in [-0.3, -0.25) is 4.68 Å². The summed E-state index contributed by atoms with van der Waals surface area (Å²) in [6.45, 7) is 5.10. The van der Waals surface area contributed by atoms with E-state index in [0.29, 0.717) is 6.10 Å². The number of halogens is 1. The minimum Gasteiger partial charge on any atom is -0.378 e. The van der Waals surface area contributed by atoms with Gasteiger partial charge in [0.1, 0.15) is 0 Å². The van der Waals surface area contributed by atoms with Crippen molar-refractivity contribution in [1.29, 1.82) is 0 Å². The number of hydrogen-bond acceptors (Lipinski definition) is 2. The summed E-state index contributed by atoms with van der Waals surface area (Å²) in [5, 5.41) is 5.40. The normalized spacial score (nSPS) is 29.9. The van der Waals surface area contributed by atoms with Gasteiger partial charge in [-0.25, -0.2) is 0 Å². The van der Waals surface area contributed by atoms with Gasteiger partial charge in [-0.15, -0.1) is 0 Å². The third kappa shape index (κ3) is 2.05. The van der Waals surface area contributed by atoms with Crippen LogP contribution in [0.2, 0.25) is 0 Å². The van der Waals surface area contributed by atoms with Crippen molar-refractivity contribution < 1.29 is 4.74 Å². The van der Waals surface area contributed by atoms with Gasteiger partial charge < -0.3 is 4.74 Å². The minimum atomic E-state index is 0.236. The molecule has 0 aromatic carbocycles. The molecule has 2 rings (SSSR count). The lowest BCUT2D eigenvalue weighted by molar-refractivity contribution is 0.0738. The van der Waals surface area contributed by atoms with Gasteiger partial charge in [-0.1, -0.05) is 15.9 Å². The van der Waals surface area contributed by atoms with Crippen LogP contribution in [0.15, 0.2) is 6.07 Å². The van der Waals surface area contributed by atoms with Gasteiger partial charge >= 0.3 is 0 Å². The second-order valence-electron chi connectivity index (χ2n) is 4.84. The first-order chi connectivity index (χ1) is 7.57. The van der Waals surface area contributed by atoms with Crippen LogP contribution in [-0.2, 0) is 18.2 Å². The summed E-state index contributed by atoms with van der Waals surface area (Å²) in [5.74, 6) is 0. The Kier molecular flexibility index (Phi) is 3.40. The molecule has 0 spiro atoms. The van der Waals surface area contributed by atoms with Gasteiger partial charge in [-0.2, -0.15) is 5.10 Å². The third-order valence-electron chi connectivity index (χ3n) is 3.73. The molecular weight excluding hydrogens is 268 g/mol. The Hall–Kier alpha value is -0.350. The summed E-state index contributed by atoms with van der Waals surface area (Å²) >= 11 is 3.65. The van der Waals surface area contributed by atoms with E-state index in [1.54, 1.807) is 0 Å². The van der Waals surface area contributed by atoms with E-state index in [0.717, 1.165) is 30.5 Å². The number of aromatic nitrogens is 2. The maximum absolute atomic E-state index is 5.72. The standard InChI is InChI=1S/C12H19BrN2O/c1-9-6-11(15(3)14-9)7-12(8-13)4-5-16-10(12)2/h6,10H,4-5,7-8H2,1-3H3. The van der Waals surface area contributed by atoms with Crippen LogP contribution in [0.25, 0.3) is 0 Å². The monoisotopic (exact) mass is 286 g/mol. The average molecular weight is 287 g/mol. The molecular formula is C12H19BrN2O. The third-order valence-corrected chi connectivity index (χ3v) is 4.85. The highest BCUT2D eigenvalue weighted by Crippen LogP contribution is 2.39. The molecule has 1 aromatic rings. The van der Waals surface area contributed by atoms with E-state index in [1.165, 1.54) is 5.69 Å². The van der Waals surface area contributed by atoms with Crippen LogP contribution >= 0.6 is 15.9 Å². The Morgan fingerprint density at radius 2 is 2.44 bits per heavy atom. The molecule has 4 heteroatoms. The summed E-state index contributed by atoms with van der Waals surface area (Å²) in [6.07, 6.45) is 2.49. The van der Waals surface area contributed by atoms with E-state index in [-0.39, 0.29) is 5.41 Å². The number of rotatable bonds is 3. The molecule has 1 aliphatic rings. The van der Waals surface area contributed by atoms with E-state index in [4.69, 9.17) is 4.74 Å². The highest BCUT2D eigenvalue weighted by molar-refractivity contribution is 9.09. The van der Waals surface area contributed by atoms with Crippen molar-refractivity contribution in [3.63, 3.8) is 0 Å². The summed E-state index contributed by atoms with van der Waals surface area (Å²) in [4.78, 5) is 0. The fourth-order valence-corrected chi connectivity index (χ4v) is 3.40. The Bertz CT molecular complexity index is 377. The summed E-state index contributed by atoms with van der Waals surface area (Å²) in [6, 6.07) is 2.18. The Balaban J connectivity index is 2.21. The van der Waals surface area contributed by atoms with Gasteiger partial charge in [0.25, 0.3) is 0 Å². The Morgan fingerprint density at radius 1 is 1.69 bits per heavy atom. The van der Waals surface area contributed by atoms with E-state index in [9.17, 15) is 0 Å². The van der Waals surface area contributed by atoms with Gasteiger partial charge in [0.05, 0.1) is 11.8 Å². The van der Waals surface area contributed by atoms with Gasteiger partial charge in [-0.05, 0) is 32.8 Å². The van der Waals surface area contributed by atoms with Gasteiger partial charge in [0.2, 0.25) is 0 Å². The molecule has 0 bridgehead atoms. The summed E-state index contributed by atoms with van der Waals surface area (Å²) < 4.78 is 7.71. The average Bonchev–Trinajstić information content (AvgIpc) is 2.73. The van der Waals surface area contributed by atoms with Crippen molar-refractivity contribution in [2.24, 2.45) is 12.5 Å². The van der Waals surface area contributed by atoms with Crippen molar-refractivity contribution in [3.05, 3.63) is 17.5 Å². The SMILES string of the molecule is Cc1cc(CC2(CBr)CCOC2C)n(C)n1. The molecule has 0 radical (unpaired) electrons. The minimum absolute atomic E-state index is 0.236. The smallest absolute Gasteiger partial charge is 0.0615 e. The molecule has 0 aliphatic carbocycles. The lowest BCUT2D eigenvalue weighted by atomic mass is 9.79. The molecule has 2 unspecified atom stereocenters. The first-order valence-corrected chi connectivity index (χ1v) is 6.87. The molecule has 0 saturated carbocycles. The Morgan fingerprint density at radius 3 is 2.88 bits per heavy atom. The van der Waals surface area contributed by atoms with Crippen LogP contribution < -0.4 is 0 Å². The van der Waals surface area contributed by atoms with E-state index in [1.807, 2.05) is 18.7 Å². The number of nitrogens with zero attached hydrogens (tertiary/aromatic N) is 2. The first kappa shape index (κ1) is 12.1. The van der Waals surface area contributed by atoms with Crippen LogP contribution in [0.5, 0.6) is 0 Å². The molecule has 3 nitrogen and oxygen atoms in total. The molecule has 2 atom stereocenters. The zero-order valence-electron chi connectivity index (χ0n) is 10.2. The maximum atomic E-state index is 5.72. The van der Waals surface area contributed by atoms with E-state index >= 15 is 0 Å². The second kappa shape index (κ2) is 4.49. The molecule has 16 heavy (non-hydrogen) atoms. The van der Waals surface area contributed by atoms with Gasteiger partial charge in [0.15, 0.2) is 0 Å². The highest BCUT2D eigenvalue weighted by atomic mass is 79.9. The molecule has 1 aromatic heterocycles. The van der Waals surface area contributed by atoms with Gasteiger partial charge in [0, 0.05) is 30.1 Å². The zero-order valence-corrected chi connectivity index (χ0v) is 11.7. The number of ether oxygens (including phenoxy) is 1. The predicted octanol–water partition coefficient (Wildman–Crippen LogP) is 2.46. The van der Waals surface area contributed by atoms with Crippen LogP contribution in [0.3, 0.4) is 0 Å². The Labute approximate surface area is 105 Å². The number of hydrogen-bond donors (Lipinski definition) is 0. The summed E-state index contributed by atoms with van der Waals surface area (Å²) in [7, 11) is 2.02. The number of alkyl halides is 1. The fraction of sp³-hybridized carbons (Fsp3) is 0.750. The van der Waals surface area contributed by atoms with E-state index in [2.05, 4.69) is 34.0 Å². The molecule has 0 amide bonds. The van der Waals surface area contributed by atoms with E-state index < -0.39 is 0 Å². The maximum Gasteiger partial charge on any atom is 0.0615 e. The second-order valence-corrected chi connectivity index (χ2v) is 5.40. The lowest BCUT2D eigenvalue weighted by Gasteiger charge is -2.30. The van der Waals surface area contributed by atoms with Crippen LogP contribution in [0.1, 0.15) is 24.7 Å². The molecule has 1 saturated heterocycles. The topological polar surface area (TPSA) is 27.1 Å². The van der Waals surface area contributed by atoms with Crippen molar-refractivity contribution in [2.75, 3.05) is 11.9 Å². The molecule has 1 aliphatic heterocycles. The highest BCUT2D eigenvalue weighted by Gasteiger charge is 2.41. The van der Waals surface area contributed by atoms with Crippen molar-refractivity contribution in [3.8, 4) is 0 Å². The molecule has 0 N–H and O–H groups in total. The fourth-order valence-electron chi connectivity index (χ4n) is 2.46. The van der Waals surface area contributed by atoms with Crippen molar-refractivity contribution >= 4 is 15.9 Å². The van der Waals surface area contributed by atoms with Crippen molar-refractivity contribution in [1.82, 2.24) is 9.78 Å². The quantitative estimate of drug-likeness (QED) is 0.799. The zero-order chi connectivity index (χ0) is 11.8. The predicted molar refractivity (Wildman–Crippen MR) is 67.9 cm³/mol. The van der Waals surface area contributed by atoms with Crippen LogP contribution in [0.4, 0.5) is 0 Å². The summed E-state index contributed by atoms with van der Waals surface area (Å²) in [5.41, 5.74) is 2.63. The van der Waals surface area contributed by atoms with Crippen molar-refractivity contribution in [2.45, 2.75) is 32.8 Å². The lowest BCUT2D eigenvalue weighted by Crippen LogP contribution is -2.33. The largest absolute Gasteiger partial charge is 0.378 e. The molecule has 90 valence electrons. The first-order valence-electron chi connectivity index (χ1n) is 5.74. The number of aryl methyl sites for hydroxylation is 2.